The molecule has 1 aromatic carbocycles. The SMILES string of the molecule is CC1(N2CCN(c3cc(Nc4cnn(-c5ncc(F)cn5)c4)c(C=N)cc3Cl)CC2)COC1. The fraction of sp³-hybridized carbons (Fsp3) is 0.364. The van der Waals surface area contributed by atoms with Crippen LogP contribution in [0, 0.1) is 11.2 Å². The topological polar surface area (TPSA) is 95.2 Å². The Bertz CT molecular complexity index is 1160. The van der Waals surface area contributed by atoms with Crippen LogP contribution < -0.4 is 10.2 Å². The van der Waals surface area contributed by atoms with Crippen molar-refractivity contribution in [3.8, 4) is 5.95 Å². The standard InChI is InChI=1S/C22H24ClFN8O/c1-22(13-33-14-22)31-4-2-30(3-5-31)20-7-19(15(8-25)6-18(20)23)29-17-11-28-32(12-17)21-26-9-16(24)10-27-21/h6-12,25,29H,2-5,13-14H2,1H3. The Morgan fingerprint density at radius 1 is 1.15 bits per heavy atom. The molecule has 33 heavy (non-hydrogen) atoms. The summed E-state index contributed by atoms with van der Waals surface area (Å²) < 4.78 is 20.0. The number of anilines is 3. The van der Waals surface area contributed by atoms with Crippen LogP contribution in [0.2, 0.25) is 5.02 Å². The van der Waals surface area contributed by atoms with Gasteiger partial charge in [0.25, 0.3) is 5.95 Å². The molecule has 3 aromatic rings. The van der Waals surface area contributed by atoms with Crippen molar-refractivity contribution in [1.29, 1.82) is 5.41 Å². The van der Waals surface area contributed by atoms with Gasteiger partial charge in [-0.2, -0.15) is 5.10 Å². The number of hydrogen-bond donors (Lipinski definition) is 2. The molecule has 172 valence electrons. The van der Waals surface area contributed by atoms with Crippen LogP contribution in [0.3, 0.4) is 0 Å². The Kier molecular flexibility index (Phi) is 5.73. The maximum atomic E-state index is 13.1. The van der Waals surface area contributed by atoms with Crippen LogP contribution in [-0.4, -0.2) is 75.8 Å². The van der Waals surface area contributed by atoms with Gasteiger partial charge in [0.05, 0.1) is 59.9 Å². The van der Waals surface area contributed by atoms with Crippen molar-refractivity contribution in [2.45, 2.75) is 12.5 Å². The quantitative estimate of drug-likeness (QED) is 0.534. The van der Waals surface area contributed by atoms with Gasteiger partial charge in [-0.1, -0.05) is 11.6 Å². The highest BCUT2D eigenvalue weighted by Crippen LogP contribution is 2.35. The molecular formula is C22H24ClFN8O. The van der Waals surface area contributed by atoms with E-state index in [9.17, 15) is 4.39 Å². The number of hydrogen-bond acceptors (Lipinski definition) is 8. The average Bonchev–Trinajstić information content (AvgIpc) is 3.27. The van der Waals surface area contributed by atoms with Crippen LogP contribution in [-0.2, 0) is 4.74 Å². The van der Waals surface area contributed by atoms with Crippen LogP contribution in [0.4, 0.5) is 21.5 Å². The summed E-state index contributed by atoms with van der Waals surface area (Å²) in [5.41, 5.74) is 3.15. The lowest BCUT2D eigenvalue weighted by atomic mass is 9.97. The molecule has 0 spiro atoms. The minimum absolute atomic E-state index is 0.140. The first-order valence-corrected chi connectivity index (χ1v) is 11.0. The number of aromatic nitrogens is 4. The number of nitrogens with one attached hydrogen (secondary N) is 2. The summed E-state index contributed by atoms with van der Waals surface area (Å²) in [6.45, 7) is 7.42. The molecule has 2 aliphatic heterocycles. The summed E-state index contributed by atoms with van der Waals surface area (Å²) in [5, 5.41) is 16.0. The molecule has 4 heterocycles. The Morgan fingerprint density at radius 2 is 1.88 bits per heavy atom. The molecule has 2 fully saturated rings. The smallest absolute Gasteiger partial charge is 0.250 e. The van der Waals surface area contributed by atoms with E-state index in [0.29, 0.717) is 16.3 Å². The van der Waals surface area contributed by atoms with E-state index < -0.39 is 5.82 Å². The lowest BCUT2D eigenvalue weighted by Crippen LogP contribution is -2.64. The molecule has 0 radical (unpaired) electrons. The first kappa shape index (κ1) is 21.7. The molecule has 0 unspecified atom stereocenters. The molecule has 2 saturated heterocycles. The maximum absolute atomic E-state index is 13.1. The number of benzene rings is 1. The fourth-order valence-electron chi connectivity index (χ4n) is 4.19. The molecule has 5 rings (SSSR count). The Balaban J connectivity index is 1.35. The van der Waals surface area contributed by atoms with Crippen molar-refractivity contribution in [2.75, 3.05) is 49.6 Å². The van der Waals surface area contributed by atoms with Gasteiger partial charge in [0.1, 0.15) is 0 Å². The predicted molar refractivity (Wildman–Crippen MR) is 125 cm³/mol. The number of halogens is 2. The molecule has 2 aliphatic rings. The molecule has 9 nitrogen and oxygen atoms in total. The van der Waals surface area contributed by atoms with Gasteiger partial charge in [0.15, 0.2) is 5.82 Å². The monoisotopic (exact) mass is 470 g/mol. The summed E-state index contributed by atoms with van der Waals surface area (Å²) in [4.78, 5) is 12.6. The second-order valence-electron chi connectivity index (χ2n) is 8.50. The third-order valence-corrected chi connectivity index (χ3v) is 6.46. The highest BCUT2D eigenvalue weighted by Gasteiger charge is 2.40. The van der Waals surface area contributed by atoms with Crippen molar-refractivity contribution in [1.82, 2.24) is 24.6 Å². The summed E-state index contributed by atoms with van der Waals surface area (Å²) in [7, 11) is 0. The van der Waals surface area contributed by atoms with Crippen LogP contribution in [0.1, 0.15) is 12.5 Å². The van der Waals surface area contributed by atoms with Gasteiger partial charge in [-0.25, -0.2) is 19.0 Å². The molecule has 0 atom stereocenters. The molecule has 11 heteroatoms. The van der Waals surface area contributed by atoms with Crippen molar-refractivity contribution in [2.24, 2.45) is 0 Å². The second-order valence-corrected chi connectivity index (χ2v) is 8.91. The summed E-state index contributed by atoms with van der Waals surface area (Å²) >= 11 is 6.61. The molecule has 0 amide bonds. The van der Waals surface area contributed by atoms with Gasteiger partial charge in [0, 0.05) is 43.6 Å². The van der Waals surface area contributed by atoms with Crippen molar-refractivity contribution >= 4 is 34.9 Å². The van der Waals surface area contributed by atoms with E-state index in [1.54, 1.807) is 18.5 Å². The van der Waals surface area contributed by atoms with E-state index in [1.165, 1.54) is 10.9 Å². The summed E-state index contributed by atoms with van der Waals surface area (Å²) in [5.74, 6) is -0.249. The van der Waals surface area contributed by atoms with Gasteiger partial charge in [-0.3, -0.25) is 4.90 Å². The zero-order valence-corrected chi connectivity index (χ0v) is 18.9. The fourth-order valence-corrected chi connectivity index (χ4v) is 4.48. The summed E-state index contributed by atoms with van der Waals surface area (Å²) in [6, 6.07) is 3.77. The normalized spacial score (nSPS) is 18.1. The van der Waals surface area contributed by atoms with Crippen molar-refractivity contribution in [3.63, 3.8) is 0 Å². The zero-order chi connectivity index (χ0) is 23.0. The van der Waals surface area contributed by atoms with Gasteiger partial charge in [-0.05, 0) is 19.1 Å². The first-order valence-electron chi connectivity index (χ1n) is 10.7. The van der Waals surface area contributed by atoms with E-state index in [4.69, 9.17) is 21.7 Å². The van der Waals surface area contributed by atoms with Crippen LogP contribution in [0.15, 0.2) is 36.9 Å². The molecule has 0 saturated carbocycles. The third-order valence-electron chi connectivity index (χ3n) is 6.16. The number of nitrogens with zero attached hydrogens (tertiary/aromatic N) is 6. The van der Waals surface area contributed by atoms with Gasteiger partial charge in [-0.15, -0.1) is 0 Å². The highest BCUT2D eigenvalue weighted by atomic mass is 35.5. The number of piperazine rings is 1. The van der Waals surface area contributed by atoms with Crippen LogP contribution in [0.25, 0.3) is 5.95 Å². The van der Waals surface area contributed by atoms with E-state index >= 15 is 0 Å². The summed E-state index contributed by atoms with van der Waals surface area (Å²) in [6.07, 6.45) is 6.77. The minimum Gasteiger partial charge on any atom is -0.377 e. The molecule has 2 N–H and O–H groups in total. The Hall–Kier alpha value is -3.08. The maximum Gasteiger partial charge on any atom is 0.250 e. The molecular weight excluding hydrogens is 447 g/mol. The molecule has 2 aromatic heterocycles. The molecule has 0 aliphatic carbocycles. The van der Waals surface area contributed by atoms with Crippen LogP contribution >= 0.6 is 11.6 Å². The number of rotatable bonds is 6. The average molecular weight is 471 g/mol. The highest BCUT2D eigenvalue weighted by molar-refractivity contribution is 6.33. The second kappa shape index (κ2) is 8.69. The largest absolute Gasteiger partial charge is 0.377 e. The van der Waals surface area contributed by atoms with Gasteiger partial charge in [0.2, 0.25) is 0 Å². The lowest BCUT2D eigenvalue weighted by Gasteiger charge is -2.50. The van der Waals surface area contributed by atoms with E-state index in [0.717, 1.165) is 63.2 Å². The van der Waals surface area contributed by atoms with Gasteiger partial charge < -0.3 is 20.4 Å². The van der Waals surface area contributed by atoms with Crippen molar-refractivity contribution < 1.29 is 9.13 Å². The zero-order valence-electron chi connectivity index (χ0n) is 18.1. The van der Waals surface area contributed by atoms with E-state index in [2.05, 4.69) is 37.1 Å². The molecule has 0 bridgehead atoms. The third kappa shape index (κ3) is 4.29. The first-order chi connectivity index (χ1) is 15.9. The minimum atomic E-state index is -0.510. The Morgan fingerprint density at radius 3 is 2.52 bits per heavy atom. The lowest BCUT2D eigenvalue weighted by molar-refractivity contribution is -0.131. The number of ether oxygens (including phenoxy) is 1. The van der Waals surface area contributed by atoms with Crippen molar-refractivity contribution in [3.05, 3.63) is 53.3 Å². The van der Waals surface area contributed by atoms with Gasteiger partial charge >= 0.3 is 0 Å². The van der Waals surface area contributed by atoms with Crippen LogP contribution in [0.5, 0.6) is 0 Å². The Labute approximate surface area is 195 Å². The van der Waals surface area contributed by atoms with E-state index in [1.807, 2.05) is 6.07 Å². The van der Waals surface area contributed by atoms with E-state index in [-0.39, 0.29) is 11.5 Å². The predicted octanol–water partition coefficient (Wildman–Crippen LogP) is 3.11.